The van der Waals surface area contributed by atoms with Crippen LogP contribution in [0.5, 0.6) is 0 Å². The first-order valence-electron chi connectivity index (χ1n) is 8.58. The van der Waals surface area contributed by atoms with E-state index in [9.17, 15) is 0 Å². The molecule has 1 saturated carbocycles. The highest BCUT2D eigenvalue weighted by atomic mass is 15.3. The minimum Gasteiger partial charge on any atom is -0.311 e. The van der Waals surface area contributed by atoms with Gasteiger partial charge in [0.2, 0.25) is 0 Å². The van der Waals surface area contributed by atoms with Crippen LogP contribution in [0.15, 0.2) is 12.3 Å². The molecule has 2 rings (SSSR count). The summed E-state index contributed by atoms with van der Waals surface area (Å²) < 4.78 is 2.19. The monoisotopic (exact) mass is 277 g/mol. The van der Waals surface area contributed by atoms with Crippen LogP contribution >= 0.6 is 0 Å². The fourth-order valence-electron chi connectivity index (χ4n) is 3.19. The van der Waals surface area contributed by atoms with E-state index < -0.39 is 0 Å². The average molecular weight is 277 g/mol. The van der Waals surface area contributed by atoms with Crippen LogP contribution in [0.25, 0.3) is 0 Å². The van der Waals surface area contributed by atoms with Gasteiger partial charge in [-0.3, -0.25) is 4.68 Å². The molecule has 0 saturated heterocycles. The molecule has 114 valence electrons. The largest absolute Gasteiger partial charge is 0.311 e. The van der Waals surface area contributed by atoms with Gasteiger partial charge in [-0.1, -0.05) is 46.0 Å². The first kappa shape index (κ1) is 15.6. The Kier molecular flexibility index (Phi) is 6.58. The first-order valence-corrected chi connectivity index (χ1v) is 8.58. The molecule has 0 radical (unpaired) electrons. The molecule has 1 aromatic rings. The van der Waals surface area contributed by atoms with Gasteiger partial charge < -0.3 is 5.32 Å². The smallest absolute Gasteiger partial charge is 0.0762 e. The van der Waals surface area contributed by atoms with E-state index in [-0.39, 0.29) is 0 Å². The Labute approximate surface area is 124 Å². The summed E-state index contributed by atoms with van der Waals surface area (Å²) >= 11 is 0. The number of hydrogen-bond acceptors (Lipinski definition) is 2. The molecule has 1 aromatic heterocycles. The van der Waals surface area contributed by atoms with Gasteiger partial charge in [-0.25, -0.2) is 0 Å². The number of unbranched alkanes of at least 4 members (excludes halogenated alkanes) is 1. The Balaban J connectivity index is 1.70. The Morgan fingerprint density at radius 3 is 2.85 bits per heavy atom. The SMILES string of the molecule is CCCCC(CC)CNCc1ccn(C2CCCC2)n1. The fraction of sp³-hybridized carbons (Fsp3) is 0.824. The average Bonchev–Trinajstić information content (AvgIpc) is 3.13. The molecular weight excluding hydrogens is 246 g/mol. The van der Waals surface area contributed by atoms with Gasteiger partial charge in [-0.2, -0.15) is 5.10 Å². The fourth-order valence-corrected chi connectivity index (χ4v) is 3.19. The van der Waals surface area contributed by atoms with Crippen molar-refractivity contribution in [2.75, 3.05) is 6.54 Å². The van der Waals surface area contributed by atoms with Gasteiger partial charge in [0.25, 0.3) is 0 Å². The summed E-state index contributed by atoms with van der Waals surface area (Å²) in [5.74, 6) is 0.826. The van der Waals surface area contributed by atoms with Gasteiger partial charge in [-0.05, 0) is 37.8 Å². The molecule has 0 aromatic carbocycles. The number of nitrogens with one attached hydrogen (secondary N) is 1. The maximum absolute atomic E-state index is 4.73. The Morgan fingerprint density at radius 1 is 1.35 bits per heavy atom. The van der Waals surface area contributed by atoms with Crippen LogP contribution < -0.4 is 5.32 Å². The van der Waals surface area contributed by atoms with E-state index in [1.54, 1.807) is 0 Å². The highest BCUT2D eigenvalue weighted by Crippen LogP contribution is 2.28. The predicted octanol–water partition coefficient (Wildman–Crippen LogP) is 4.30. The van der Waals surface area contributed by atoms with E-state index in [4.69, 9.17) is 5.10 Å². The maximum Gasteiger partial charge on any atom is 0.0762 e. The molecule has 1 heterocycles. The summed E-state index contributed by atoms with van der Waals surface area (Å²) in [6.07, 6.45) is 12.8. The third-order valence-electron chi connectivity index (χ3n) is 4.64. The van der Waals surface area contributed by atoms with Gasteiger partial charge in [-0.15, -0.1) is 0 Å². The topological polar surface area (TPSA) is 29.9 Å². The van der Waals surface area contributed by atoms with Crippen molar-refractivity contribution in [3.05, 3.63) is 18.0 Å². The Bertz CT molecular complexity index is 366. The van der Waals surface area contributed by atoms with Crippen LogP contribution in [0, 0.1) is 5.92 Å². The first-order chi connectivity index (χ1) is 9.83. The lowest BCUT2D eigenvalue weighted by molar-refractivity contribution is 0.415. The van der Waals surface area contributed by atoms with Gasteiger partial charge in [0, 0.05) is 12.7 Å². The Hall–Kier alpha value is -0.830. The summed E-state index contributed by atoms with van der Waals surface area (Å²) in [5, 5.41) is 8.32. The lowest BCUT2D eigenvalue weighted by Gasteiger charge is -2.14. The molecule has 1 aliphatic rings. The van der Waals surface area contributed by atoms with Crippen LogP contribution in [0.2, 0.25) is 0 Å². The van der Waals surface area contributed by atoms with Crippen molar-refractivity contribution in [1.82, 2.24) is 15.1 Å². The summed E-state index contributed by atoms with van der Waals surface area (Å²) in [6, 6.07) is 2.84. The standard InChI is InChI=1S/C17H31N3/c1-3-5-8-15(4-2)13-18-14-16-11-12-20(19-16)17-9-6-7-10-17/h11-12,15,17-18H,3-10,13-14H2,1-2H3. The van der Waals surface area contributed by atoms with Crippen LogP contribution in [-0.4, -0.2) is 16.3 Å². The molecule has 0 amide bonds. The highest BCUT2D eigenvalue weighted by molar-refractivity contribution is 4.99. The molecule has 1 unspecified atom stereocenters. The second kappa shape index (κ2) is 8.46. The molecule has 1 aliphatic carbocycles. The molecule has 20 heavy (non-hydrogen) atoms. The van der Waals surface area contributed by atoms with Crippen LogP contribution in [-0.2, 0) is 6.54 Å². The molecule has 3 nitrogen and oxygen atoms in total. The lowest BCUT2D eigenvalue weighted by atomic mass is 9.99. The number of hydrogen-bond donors (Lipinski definition) is 1. The number of aromatic nitrogens is 2. The van der Waals surface area contributed by atoms with Crippen molar-refractivity contribution >= 4 is 0 Å². The minimum atomic E-state index is 0.664. The third-order valence-corrected chi connectivity index (χ3v) is 4.64. The van der Waals surface area contributed by atoms with Gasteiger partial charge in [0.15, 0.2) is 0 Å². The van der Waals surface area contributed by atoms with E-state index in [0.29, 0.717) is 6.04 Å². The van der Waals surface area contributed by atoms with Crippen molar-refractivity contribution in [3.8, 4) is 0 Å². The van der Waals surface area contributed by atoms with Crippen LogP contribution in [0.1, 0.15) is 76.9 Å². The second-order valence-electron chi connectivity index (χ2n) is 6.27. The van der Waals surface area contributed by atoms with Crippen molar-refractivity contribution < 1.29 is 0 Å². The molecule has 0 aliphatic heterocycles. The molecule has 1 fully saturated rings. The third kappa shape index (κ3) is 4.62. The van der Waals surface area contributed by atoms with Crippen molar-refractivity contribution in [2.45, 2.75) is 77.8 Å². The quantitative estimate of drug-likeness (QED) is 0.729. The summed E-state index contributed by atoms with van der Waals surface area (Å²) in [7, 11) is 0. The minimum absolute atomic E-state index is 0.664. The zero-order valence-electron chi connectivity index (χ0n) is 13.3. The molecule has 3 heteroatoms. The van der Waals surface area contributed by atoms with Crippen molar-refractivity contribution in [3.63, 3.8) is 0 Å². The molecule has 1 N–H and O–H groups in total. The number of nitrogens with zero attached hydrogens (tertiary/aromatic N) is 2. The zero-order valence-corrected chi connectivity index (χ0v) is 13.3. The molecule has 0 bridgehead atoms. The van der Waals surface area contributed by atoms with Crippen molar-refractivity contribution in [1.29, 1.82) is 0 Å². The maximum atomic E-state index is 4.73. The zero-order chi connectivity index (χ0) is 14.2. The lowest BCUT2D eigenvalue weighted by Crippen LogP contribution is -2.22. The molecule has 0 spiro atoms. The predicted molar refractivity (Wildman–Crippen MR) is 84.7 cm³/mol. The second-order valence-corrected chi connectivity index (χ2v) is 6.27. The van der Waals surface area contributed by atoms with Crippen LogP contribution in [0.4, 0.5) is 0 Å². The number of rotatable bonds is 9. The van der Waals surface area contributed by atoms with Crippen LogP contribution in [0.3, 0.4) is 0 Å². The summed E-state index contributed by atoms with van der Waals surface area (Å²) in [5.41, 5.74) is 1.20. The van der Waals surface area contributed by atoms with Gasteiger partial charge in [0.1, 0.15) is 0 Å². The molecule has 1 atom stereocenters. The van der Waals surface area contributed by atoms with E-state index in [0.717, 1.165) is 19.0 Å². The van der Waals surface area contributed by atoms with E-state index in [1.807, 2.05) is 0 Å². The van der Waals surface area contributed by atoms with Crippen molar-refractivity contribution in [2.24, 2.45) is 5.92 Å². The summed E-state index contributed by atoms with van der Waals surface area (Å²) in [4.78, 5) is 0. The Morgan fingerprint density at radius 2 is 2.15 bits per heavy atom. The van der Waals surface area contributed by atoms with E-state index >= 15 is 0 Å². The van der Waals surface area contributed by atoms with E-state index in [1.165, 1.54) is 57.1 Å². The highest BCUT2D eigenvalue weighted by Gasteiger charge is 2.17. The normalized spacial score (nSPS) is 17.7. The van der Waals surface area contributed by atoms with E-state index in [2.05, 4.69) is 36.1 Å². The molecular formula is C17H31N3. The van der Waals surface area contributed by atoms with Gasteiger partial charge >= 0.3 is 0 Å². The summed E-state index contributed by atoms with van der Waals surface area (Å²) in [6.45, 7) is 6.63. The van der Waals surface area contributed by atoms with Gasteiger partial charge in [0.05, 0.1) is 11.7 Å².